The number of amides is 6. The molecule has 150 heavy (non-hydrogen) atoms. The van der Waals surface area contributed by atoms with E-state index in [-0.39, 0.29) is 141 Å². The number of hydrogen-bond acceptors (Lipinski definition) is 27. The number of carbonyl (C=O) groups is 6. The van der Waals surface area contributed by atoms with Gasteiger partial charge in [-0.25, -0.2) is 73.0 Å². The van der Waals surface area contributed by atoms with Crippen molar-refractivity contribution in [1.82, 2.24) is 122 Å². The molecule has 14 heterocycles. The van der Waals surface area contributed by atoms with Crippen LogP contribution in [0.4, 0.5) is 38.8 Å². The Morgan fingerprint density at radius 3 is 0.913 bits per heavy atom. The van der Waals surface area contributed by atoms with Crippen molar-refractivity contribution in [1.29, 1.82) is 0 Å². The minimum absolute atomic E-state index is 0.0559. The second-order valence-electron chi connectivity index (χ2n) is 35.2. The van der Waals surface area contributed by atoms with Crippen molar-refractivity contribution in [3.8, 4) is 5.75 Å². The minimum Gasteiger partial charge on any atom is -0.495 e. The molecular formula is C97H104ClFN32O19. The van der Waals surface area contributed by atoms with Gasteiger partial charge in [-0.1, -0.05) is 53.6 Å². The fourth-order valence-electron chi connectivity index (χ4n) is 16.0. The third-order valence-corrected chi connectivity index (χ3v) is 24.2. The largest absolute Gasteiger partial charge is 0.495 e. The first-order chi connectivity index (χ1) is 70.9. The molecular weight excluding hydrogens is 1970 g/mol. The van der Waals surface area contributed by atoms with Crippen LogP contribution in [0, 0.1) is 61.2 Å². The van der Waals surface area contributed by atoms with Crippen molar-refractivity contribution in [2.75, 3.05) is 39.0 Å². The summed E-state index contributed by atoms with van der Waals surface area (Å²) in [6.45, 7) is 14.4. The molecule has 6 amide bonds. The Morgan fingerprint density at radius 1 is 0.287 bits per heavy atom. The molecule has 0 aliphatic heterocycles. The van der Waals surface area contributed by atoms with Gasteiger partial charge in [0.1, 0.15) is 62.5 Å². The van der Waals surface area contributed by atoms with E-state index in [0.717, 1.165) is 77.6 Å². The molecule has 0 atom stereocenters. The van der Waals surface area contributed by atoms with Gasteiger partial charge in [-0.05, 0) is 149 Å². The zero-order valence-electron chi connectivity index (χ0n) is 85.2. The first-order valence-corrected chi connectivity index (χ1v) is 45.8. The van der Waals surface area contributed by atoms with Gasteiger partial charge in [-0.2, -0.15) is 0 Å². The molecule has 51 nitrogen and oxygen atoms in total. The highest BCUT2D eigenvalue weighted by Crippen LogP contribution is 2.27. The summed E-state index contributed by atoms with van der Waals surface area (Å²) in [6.07, 6.45) is 11.4. The van der Waals surface area contributed by atoms with Gasteiger partial charge in [-0.15, -0.1) is 0 Å². The number of aryl methyl sites for hydroxylation is 14. The number of anilines is 6. The van der Waals surface area contributed by atoms with E-state index in [1.165, 1.54) is 190 Å². The van der Waals surface area contributed by atoms with Crippen molar-refractivity contribution in [2.45, 2.75) is 94.7 Å². The fraction of sp³-hybridized carbons (Fsp3) is 0.278. The Labute approximate surface area is 849 Å². The Hall–Kier alpha value is -19.1. The lowest BCUT2D eigenvalue weighted by Crippen LogP contribution is -2.37. The van der Waals surface area contributed by atoms with Gasteiger partial charge in [0.25, 0.3) is 33.4 Å². The molecule has 0 bridgehead atoms. The Bertz CT molecular complexity index is 9320. The number of halogens is 2. The monoisotopic (exact) mass is 2070 g/mol. The molecule has 0 saturated carbocycles. The number of pyridine rings is 2. The van der Waals surface area contributed by atoms with Gasteiger partial charge in [0, 0.05) is 113 Å². The first-order valence-electron chi connectivity index (χ1n) is 45.4. The Morgan fingerprint density at radius 2 is 0.587 bits per heavy atom. The van der Waals surface area contributed by atoms with Crippen LogP contribution >= 0.6 is 11.6 Å². The predicted octanol–water partition coefficient (Wildman–Crippen LogP) is 2.49. The highest BCUT2D eigenvalue weighted by atomic mass is 35.5. The van der Waals surface area contributed by atoms with Gasteiger partial charge in [-0.3, -0.25) is 112 Å². The van der Waals surface area contributed by atoms with Gasteiger partial charge in [0.15, 0.2) is 67.0 Å². The second-order valence-corrected chi connectivity index (χ2v) is 35.6. The van der Waals surface area contributed by atoms with E-state index in [1.807, 2.05) is 78.8 Å². The van der Waals surface area contributed by atoms with E-state index in [1.54, 1.807) is 74.9 Å². The van der Waals surface area contributed by atoms with E-state index in [2.05, 4.69) is 71.8 Å². The van der Waals surface area contributed by atoms with E-state index in [4.69, 9.17) is 16.3 Å². The van der Waals surface area contributed by atoms with E-state index < -0.39 is 79.2 Å². The summed E-state index contributed by atoms with van der Waals surface area (Å²) in [4.78, 5) is 252. The predicted molar refractivity (Wildman–Crippen MR) is 557 cm³/mol. The van der Waals surface area contributed by atoms with Gasteiger partial charge < -0.3 is 64.0 Å². The minimum atomic E-state index is -0.551. The number of hydrogen-bond donors (Lipinski definition) is 6. The lowest BCUT2D eigenvalue weighted by atomic mass is 10.1. The smallest absolute Gasteiger partial charge is 0.332 e. The summed E-state index contributed by atoms with van der Waals surface area (Å²) >= 11 is 5.95. The highest BCUT2D eigenvalue weighted by molar-refractivity contribution is 6.31. The highest BCUT2D eigenvalue weighted by Gasteiger charge is 2.26. The topological polar surface area (TPSA) is 581 Å². The van der Waals surface area contributed by atoms with Crippen LogP contribution in [0.1, 0.15) is 44.5 Å². The zero-order chi connectivity index (χ0) is 110. The summed E-state index contributed by atoms with van der Waals surface area (Å²) in [5.41, 5.74) is 6.27. The number of nitrogens with one attached hydrogen (secondary N) is 6. The normalized spacial score (nSPS) is 11.0. The van der Waals surface area contributed by atoms with Crippen LogP contribution < -0.4 is 104 Å². The number of aromatic nitrogens is 26. The molecule has 780 valence electrons. The third-order valence-electron chi connectivity index (χ3n) is 24.0. The van der Waals surface area contributed by atoms with Crippen molar-refractivity contribution in [2.24, 2.45) is 84.6 Å². The van der Waals surface area contributed by atoms with Crippen molar-refractivity contribution < 1.29 is 37.9 Å². The van der Waals surface area contributed by atoms with Crippen LogP contribution in [0.2, 0.25) is 5.02 Å². The van der Waals surface area contributed by atoms with E-state index in [0.29, 0.717) is 33.8 Å². The zero-order valence-corrected chi connectivity index (χ0v) is 85.9. The standard InChI is InChI=1S/C18H21N5O3.C17H19N5O4.C16H16ClN5O3.C16H16FN5O3.2C15H16N6O3/c1-10-6-11(2)14(12(3)7-10)20-13(24)8-23-9-19-16-15(23)17(25)22(5)18(26)21(16)4;1-10-5-6-12(26-4)11(7-10)19-13(23)8-22-9-18-15-14(22)16(24)21(3)17(25)20(15)2;1-9-4-5-10(17)6-11(9)19-12(23)7-22-8-18-14-13(22)15(24)21(3)16(25)20(14)2;1-9-4-5-11(10(17)6-9)19-12(23)7-22-8-18-14-13(22)15(24)21(3)16(25)20(14)2;1-9-4-5-16-10(6-9)18-11(22)7-21-8-17-13-12(21)14(23)20(3)15(24)19(13)2;1-9-4-5-10(16-6-9)18-11(22)7-21-8-17-13-12(21)14(23)20(3)15(24)19(13)2/h6-7,9H,8H2,1-5H3,(H,20,24);5-7,9H,8H2,1-4H3,(H,19,23);2*4-6,8H,7H2,1-3H3,(H,19,23);2*4-6,8H,7H2,1-3H3,(H,16,18,22). The fourth-order valence-corrected chi connectivity index (χ4v) is 16.2. The quantitative estimate of drug-likeness (QED) is 0.0677. The van der Waals surface area contributed by atoms with Crippen LogP contribution in [-0.4, -0.2) is 165 Å². The first kappa shape index (κ1) is 108. The maximum Gasteiger partial charge on any atom is 0.332 e. The van der Waals surface area contributed by atoms with Gasteiger partial charge in [0.2, 0.25) is 35.4 Å². The summed E-state index contributed by atoms with van der Waals surface area (Å²) in [6, 6.07) is 26.2. The van der Waals surface area contributed by atoms with Crippen LogP contribution in [0.15, 0.2) is 199 Å². The third kappa shape index (κ3) is 22.8. The van der Waals surface area contributed by atoms with Crippen LogP contribution in [-0.2, 0) is 153 Å². The number of benzene rings is 4. The van der Waals surface area contributed by atoms with Crippen molar-refractivity contribution in [3.05, 3.63) is 322 Å². The van der Waals surface area contributed by atoms with Gasteiger partial charge in [0.05, 0.1) is 56.4 Å². The number of imidazole rings is 6. The van der Waals surface area contributed by atoms with Crippen molar-refractivity contribution >= 4 is 148 Å². The molecule has 0 fully saturated rings. The molecule has 0 aliphatic carbocycles. The summed E-state index contributed by atoms with van der Waals surface area (Å²) < 4.78 is 41.1. The molecule has 6 N–H and O–H groups in total. The molecule has 18 aromatic rings. The molecule has 14 aromatic heterocycles. The average molecular weight is 2080 g/mol. The van der Waals surface area contributed by atoms with E-state index in [9.17, 15) is 90.7 Å². The van der Waals surface area contributed by atoms with Crippen LogP contribution in [0.25, 0.3) is 67.0 Å². The van der Waals surface area contributed by atoms with Crippen LogP contribution in [0.3, 0.4) is 0 Å². The maximum atomic E-state index is 13.8. The Balaban J connectivity index is 0.000000150. The molecule has 0 aliphatic rings. The molecule has 53 heteroatoms. The molecule has 18 rings (SSSR count). The molecule has 0 spiro atoms. The SMILES string of the molecule is COc1ccc(C)cc1NC(=O)Cn1cnc2c1c(=O)n(C)c(=O)n2C.Cc1cc(C)c(NC(=O)Cn2cnc3c2c(=O)n(C)c(=O)n3C)c(C)c1.Cc1ccc(Cl)cc1NC(=O)Cn1cnc2c1c(=O)n(C)c(=O)n2C.Cc1ccc(NC(=O)Cn2cnc3c2c(=O)n(C)c(=O)n3C)c(F)c1.Cc1ccc(NC(=O)Cn2cnc3c2c(=O)n(C)c(=O)n3C)nc1.Cc1ccnc(NC(=O)Cn2cnc3c2c(=O)n(C)c(=O)n3C)c1. The number of nitrogens with zero attached hydrogens (tertiary/aromatic N) is 26. The number of carbonyl (C=O) groups excluding carboxylic acids is 6. The summed E-state index contributed by atoms with van der Waals surface area (Å²) in [5, 5.41) is 16.7. The second kappa shape index (κ2) is 44.6. The summed E-state index contributed by atoms with van der Waals surface area (Å²) in [7, 11) is 19.0. The van der Waals surface area contributed by atoms with Crippen LogP contribution in [0.5, 0.6) is 5.75 Å². The lowest BCUT2D eigenvalue weighted by Gasteiger charge is -2.13. The number of ether oxygens (including phenoxy) is 1. The molecule has 4 aromatic carbocycles. The average Bonchev–Trinajstić information content (AvgIpc) is 1.63. The number of methoxy groups -OCH3 is 1. The molecule has 0 unspecified atom stereocenters. The van der Waals surface area contributed by atoms with E-state index >= 15 is 0 Å². The molecule has 0 saturated heterocycles. The lowest BCUT2D eigenvalue weighted by molar-refractivity contribution is -0.117. The molecule has 0 radical (unpaired) electrons. The van der Waals surface area contributed by atoms with Crippen molar-refractivity contribution in [3.63, 3.8) is 0 Å². The summed E-state index contributed by atoms with van der Waals surface area (Å²) in [5.74, 6) is -1.29. The van der Waals surface area contributed by atoms with Gasteiger partial charge >= 0.3 is 34.1 Å². The number of fused-ring (bicyclic) bond motifs is 6. The number of rotatable bonds is 19. The Kier molecular flexibility index (Phi) is 32.2. The maximum absolute atomic E-state index is 13.8.